The van der Waals surface area contributed by atoms with E-state index in [1.165, 1.54) is 32.4 Å². The van der Waals surface area contributed by atoms with Gasteiger partial charge in [-0.2, -0.15) is 0 Å². The van der Waals surface area contributed by atoms with E-state index in [1.807, 2.05) is 0 Å². The van der Waals surface area contributed by atoms with Gasteiger partial charge in [0.25, 0.3) is 0 Å². The van der Waals surface area contributed by atoms with Crippen molar-refractivity contribution < 1.29 is 5.32 Å². The molecule has 1 saturated heterocycles. The Balaban J connectivity index is 1.96. The summed E-state index contributed by atoms with van der Waals surface area (Å²) in [5.41, 5.74) is 0. The molecule has 2 aliphatic rings. The highest BCUT2D eigenvalue weighted by Crippen LogP contribution is 2.28. The van der Waals surface area contributed by atoms with Crippen LogP contribution in [0, 0.1) is 11.8 Å². The van der Waals surface area contributed by atoms with Gasteiger partial charge in [0.1, 0.15) is 0 Å². The normalized spacial score (nSPS) is 42.7. The average Bonchev–Trinajstić information content (AvgIpc) is 1.88. The molecule has 0 aromatic carbocycles. The summed E-state index contributed by atoms with van der Waals surface area (Å²) in [4.78, 5) is 0. The van der Waals surface area contributed by atoms with Crippen LogP contribution in [0.5, 0.6) is 0 Å². The van der Waals surface area contributed by atoms with Gasteiger partial charge in [-0.3, -0.25) is 0 Å². The van der Waals surface area contributed by atoms with Gasteiger partial charge in [0, 0.05) is 11.8 Å². The van der Waals surface area contributed by atoms with E-state index in [-0.39, 0.29) is 0 Å². The molecule has 2 fully saturated rings. The molecule has 1 aliphatic carbocycles. The number of nitrogens with two attached hydrogens (primary N) is 1. The fraction of sp³-hybridized carbons (Fsp3) is 1.00. The molecular formula is C8H16N+. The number of piperidine rings is 1. The summed E-state index contributed by atoms with van der Waals surface area (Å²) in [5, 5.41) is 2.51. The summed E-state index contributed by atoms with van der Waals surface area (Å²) >= 11 is 0. The van der Waals surface area contributed by atoms with E-state index >= 15 is 0 Å². The van der Waals surface area contributed by atoms with Gasteiger partial charge in [-0.15, -0.1) is 0 Å². The maximum absolute atomic E-state index is 2.51. The molecule has 0 aromatic rings. The van der Waals surface area contributed by atoms with E-state index in [4.69, 9.17) is 0 Å². The zero-order chi connectivity index (χ0) is 6.10. The number of rotatable bonds is 0. The van der Waals surface area contributed by atoms with Crippen molar-refractivity contribution in [3.05, 3.63) is 0 Å². The van der Waals surface area contributed by atoms with Gasteiger partial charge in [0.05, 0.1) is 13.1 Å². The molecule has 2 rings (SSSR count). The fourth-order valence-corrected chi connectivity index (χ4v) is 2.40. The Kier molecular flexibility index (Phi) is 1.46. The summed E-state index contributed by atoms with van der Waals surface area (Å²) in [5.74, 6) is 2.19. The minimum atomic E-state index is 1.09. The van der Waals surface area contributed by atoms with Gasteiger partial charge in [0.2, 0.25) is 0 Å². The third-order valence-corrected chi connectivity index (χ3v) is 2.89. The Labute approximate surface area is 56.8 Å². The second kappa shape index (κ2) is 2.30. The molecule has 0 spiro atoms. The summed E-state index contributed by atoms with van der Waals surface area (Å²) in [6, 6.07) is 0. The van der Waals surface area contributed by atoms with Crippen molar-refractivity contribution in [2.75, 3.05) is 13.1 Å². The lowest BCUT2D eigenvalue weighted by atomic mass is 9.79. The molecule has 2 N–H and O–H groups in total. The molecule has 0 radical (unpaired) electrons. The van der Waals surface area contributed by atoms with Crippen LogP contribution in [0.3, 0.4) is 0 Å². The molecular weight excluding hydrogens is 110 g/mol. The second-order valence-corrected chi connectivity index (χ2v) is 3.66. The lowest BCUT2D eigenvalue weighted by Gasteiger charge is -2.31. The lowest BCUT2D eigenvalue weighted by Crippen LogP contribution is -2.89. The maximum Gasteiger partial charge on any atom is 0.0784 e. The molecule has 2 atom stereocenters. The smallest absolute Gasteiger partial charge is 0.0784 e. The molecule has 52 valence electrons. The molecule has 1 saturated carbocycles. The van der Waals surface area contributed by atoms with Gasteiger partial charge in [-0.25, -0.2) is 0 Å². The molecule has 1 heterocycles. The Bertz CT molecular complexity index is 80.7. The van der Waals surface area contributed by atoms with Crippen LogP contribution >= 0.6 is 0 Å². The van der Waals surface area contributed by atoms with Crippen LogP contribution < -0.4 is 5.32 Å². The monoisotopic (exact) mass is 126 g/mol. The van der Waals surface area contributed by atoms with E-state index in [9.17, 15) is 0 Å². The topological polar surface area (TPSA) is 16.6 Å². The van der Waals surface area contributed by atoms with E-state index in [2.05, 4.69) is 5.32 Å². The zero-order valence-electron chi connectivity index (χ0n) is 5.97. The van der Waals surface area contributed by atoms with Crippen molar-refractivity contribution in [3.63, 3.8) is 0 Å². The predicted octanol–water partition coefficient (Wildman–Crippen LogP) is 0.370. The second-order valence-electron chi connectivity index (χ2n) is 3.66. The fourth-order valence-electron chi connectivity index (χ4n) is 2.40. The first kappa shape index (κ1) is 5.72. The predicted molar refractivity (Wildman–Crippen MR) is 37.1 cm³/mol. The minimum absolute atomic E-state index is 1.09. The number of quaternary nitrogens is 1. The van der Waals surface area contributed by atoms with E-state index in [0.717, 1.165) is 11.8 Å². The Hall–Kier alpha value is -0.0400. The Morgan fingerprint density at radius 1 is 1.00 bits per heavy atom. The number of hydrogen-bond acceptors (Lipinski definition) is 0. The summed E-state index contributed by atoms with van der Waals surface area (Å²) in [7, 11) is 0. The highest BCUT2D eigenvalue weighted by molar-refractivity contribution is 4.73. The minimum Gasteiger partial charge on any atom is -0.346 e. The molecule has 1 aliphatic heterocycles. The van der Waals surface area contributed by atoms with Gasteiger partial charge in [0.15, 0.2) is 0 Å². The van der Waals surface area contributed by atoms with Crippen LogP contribution in [0.15, 0.2) is 0 Å². The molecule has 2 bridgehead atoms. The van der Waals surface area contributed by atoms with Crippen molar-refractivity contribution in [3.8, 4) is 0 Å². The quantitative estimate of drug-likeness (QED) is 0.483. The molecule has 1 heteroatoms. The van der Waals surface area contributed by atoms with Crippen LogP contribution in [0.2, 0.25) is 0 Å². The van der Waals surface area contributed by atoms with Crippen molar-refractivity contribution in [2.24, 2.45) is 11.8 Å². The van der Waals surface area contributed by atoms with Crippen LogP contribution in [-0.4, -0.2) is 13.1 Å². The van der Waals surface area contributed by atoms with Crippen molar-refractivity contribution >= 4 is 0 Å². The van der Waals surface area contributed by atoms with E-state index < -0.39 is 0 Å². The van der Waals surface area contributed by atoms with Gasteiger partial charge >= 0.3 is 0 Å². The SMILES string of the molecule is C1CC2C[NH2+]CC(C1)C2. The molecule has 9 heavy (non-hydrogen) atoms. The first-order valence-corrected chi connectivity index (χ1v) is 4.27. The van der Waals surface area contributed by atoms with Crippen molar-refractivity contribution in [1.82, 2.24) is 0 Å². The van der Waals surface area contributed by atoms with Crippen LogP contribution in [-0.2, 0) is 0 Å². The van der Waals surface area contributed by atoms with Crippen molar-refractivity contribution in [1.29, 1.82) is 0 Å². The van der Waals surface area contributed by atoms with Crippen molar-refractivity contribution in [2.45, 2.75) is 25.7 Å². The Morgan fingerprint density at radius 2 is 1.67 bits per heavy atom. The number of fused-ring (bicyclic) bond motifs is 2. The van der Waals surface area contributed by atoms with Gasteiger partial charge < -0.3 is 5.32 Å². The van der Waals surface area contributed by atoms with Gasteiger partial charge in [-0.05, 0) is 19.3 Å². The average molecular weight is 126 g/mol. The molecule has 0 aromatic heterocycles. The third kappa shape index (κ3) is 1.11. The highest BCUT2D eigenvalue weighted by Gasteiger charge is 2.27. The molecule has 2 unspecified atom stereocenters. The molecule has 0 amide bonds. The lowest BCUT2D eigenvalue weighted by molar-refractivity contribution is -0.677. The van der Waals surface area contributed by atoms with E-state index in [0.29, 0.717) is 0 Å². The molecule has 1 nitrogen and oxygen atoms in total. The largest absolute Gasteiger partial charge is 0.346 e. The van der Waals surface area contributed by atoms with Gasteiger partial charge in [-0.1, -0.05) is 6.42 Å². The van der Waals surface area contributed by atoms with Crippen LogP contribution in [0.4, 0.5) is 0 Å². The summed E-state index contributed by atoms with van der Waals surface area (Å²) in [6.45, 7) is 2.85. The Morgan fingerprint density at radius 3 is 2.22 bits per heavy atom. The third-order valence-electron chi connectivity index (χ3n) is 2.89. The standard InChI is InChI=1S/C8H15N/c1-2-7-4-8(3-1)6-9-5-7/h7-9H,1-6H2/p+1. The first-order valence-electron chi connectivity index (χ1n) is 4.27. The maximum atomic E-state index is 2.51. The van der Waals surface area contributed by atoms with Crippen LogP contribution in [0.25, 0.3) is 0 Å². The summed E-state index contributed by atoms with van der Waals surface area (Å²) < 4.78 is 0. The zero-order valence-corrected chi connectivity index (χ0v) is 5.97. The number of hydrogen-bond donors (Lipinski definition) is 1. The summed E-state index contributed by atoms with van der Waals surface area (Å²) in [6.07, 6.45) is 6.11. The first-order chi connectivity index (χ1) is 4.45. The van der Waals surface area contributed by atoms with E-state index in [1.54, 1.807) is 6.42 Å². The highest BCUT2D eigenvalue weighted by atomic mass is 14.9. The van der Waals surface area contributed by atoms with Crippen LogP contribution in [0.1, 0.15) is 25.7 Å².